The van der Waals surface area contributed by atoms with E-state index in [0.29, 0.717) is 0 Å². The van der Waals surface area contributed by atoms with Gasteiger partial charge in [0.05, 0.1) is 38.9 Å². The van der Waals surface area contributed by atoms with Crippen LogP contribution in [0.5, 0.6) is 0 Å². The lowest BCUT2D eigenvalue weighted by Crippen LogP contribution is -2.53. The number of carboxylic acids is 1. The van der Waals surface area contributed by atoms with Gasteiger partial charge in [-0.3, -0.25) is 24.0 Å². The molecule has 5 amide bonds. The van der Waals surface area contributed by atoms with Gasteiger partial charge in [-0.05, 0) is 6.92 Å². The number of nitrogens with one attached hydrogen (secondary N) is 5. The summed E-state index contributed by atoms with van der Waals surface area (Å²) >= 11 is 0. The predicted molar refractivity (Wildman–Crippen MR) is 98.3 cm³/mol. The molecule has 0 radical (unpaired) electrons. The van der Waals surface area contributed by atoms with Crippen LogP contribution in [-0.2, 0) is 28.8 Å². The van der Waals surface area contributed by atoms with E-state index in [1.54, 1.807) is 0 Å². The number of amides is 5. The number of hydrogen-bond donors (Lipinski definition) is 9. The smallest absolute Gasteiger partial charge is 0.328 e. The van der Waals surface area contributed by atoms with Crippen LogP contribution in [0, 0.1) is 0 Å². The third-order valence-corrected chi connectivity index (χ3v) is 3.40. The fourth-order valence-corrected chi connectivity index (χ4v) is 1.84. The Morgan fingerprint density at radius 2 is 1.33 bits per heavy atom. The van der Waals surface area contributed by atoms with Crippen molar-refractivity contribution in [1.29, 1.82) is 0 Å². The Morgan fingerprint density at radius 3 is 1.80 bits per heavy atom. The first-order valence-corrected chi connectivity index (χ1v) is 8.63. The zero-order chi connectivity index (χ0) is 23.3. The zero-order valence-electron chi connectivity index (χ0n) is 16.1. The SMILES string of the molecule is C[C@@H](O)[C@H](NC(=O)CNC(=O)CNC(=O)[C@H](CO)NC(=O)CNC(=O)CN)C(=O)O. The van der Waals surface area contributed by atoms with Crippen molar-refractivity contribution < 1.29 is 44.1 Å². The van der Waals surface area contributed by atoms with E-state index in [4.69, 9.17) is 10.8 Å². The lowest BCUT2D eigenvalue weighted by atomic mass is 10.2. The number of aliphatic hydroxyl groups excluding tert-OH is 2. The number of hydrogen-bond acceptors (Lipinski definition) is 9. The Bertz CT molecular complexity index is 655. The molecule has 0 saturated carbocycles. The van der Waals surface area contributed by atoms with Crippen molar-refractivity contribution in [3.05, 3.63) is 0 Å². The molecule has 0 aromatic rings. The maximum atomic E-state index is 11.9. The summed E-state index contributed by atoms with van der Waals surface area (Å²) in [5, 5.41) is 37.8. The molecule has 0 unspecified atom stereocenters. The summed E-state index contributed by atoms with van der Waals surface area (Å²) in [6.45, 7) is -1.66. The van der Waals surface area contributed by atoms with Crippen LogP contribution in [0.25, 0.3) is 0 Å². The molecular weight excluding hydrogens is 408 g/mol. The highest BCUT2D eigenvalue weighted by Crippen LogP contribution is 1.92. The average Bonchev–Trinajstić information content (AvgIpc) is 2.69. The molecule has 0 aliphatic heterocycles. The van der Waals surface area contributed by atoms with Gasteiger partial charge < -0.3 is 47.6 Å². The van der Waals surface area contributed by atoms with E-state index in [2.05, 4.69) is 21.3 Å². The number of carbonyl (C=O) groups is 6. The van der Waals surface area contributed by atoms with Crippen LogP contribution in [0.4, 0.5) is 0 Å². The highest BCUT2D eigenvalue weighted by atomic mass is 16.4. The second-order valence-corrected chi connectivity index (χ2v) is 5.90. The molecule has 0 aromatic carbocycles. The third-order valence-electron chi connectivity index (χ3n) is 3.40. The monoisotopic (exact) mass is 434 g/mol. The molecule has 0 aromatic heterocycles. The molecule has 3 atom stereocenters. The Morgan fingerprint density at radius 1 is 0.833 bits per heavy atom. The third kappa shape index (κ3) is 10.9. The van der Waals surface area contributed by atoms with Gasteiger partial charge in [-0.15, -0.1) is 0 Å². The zero-order valence-corrected chi connectivity index (χ0v) is 16.1. The number of carboxylic acid groups (broad SMARTS) is 1. The molecule has 0 heterocycles. The Labute approximate surface area is 170 Å². The van der Waals surface area contributed by atoms with Crippen molar-refractivity contribution in [2.45, 2.75) is 25.1 Å². The van der Waals surface area contributed by atoms with E-state index in [9.17, 15) is 39.0 Å². The normalized spacial score (nSPS) is 13.2. The topological polar surface area (TPSA) is 249 Å². The maximum Gasteiger partial charge on any atom is 0.328 e. The number of rotatable bonds is 13. The predicted octanol–water partition coefficient (Wildman–Crippen LogP) is -6.28. The molecular formula is C15H26N6O9. The highest BCUT2D eigenvalue weighted by Gasteiger charge is 2.25. The minimum absolute atomic E-state index is 0.333. The lowest BCUT2D eigenvalue weighted by molar-refractivity contribution is -0.144. The van der Waals surface area contributed by atoms with E-state index in [0.717, 1.165) is 6.92 Å². The quantitative estimate of drug-likeness (QED) is 0.132. The standard InChI is InChI=1S/C15H26N6O9/c1-7(23)13(15(29)30)21-12(27)5-18-10(25)3-19-14(28)8(6-22)20-11(26)4-17-9(24)2-16/h7-8,13,22-23H,2-6,16H2,1H3,(H,17,24)(H,18,25)(H,19,28)(H,20,26)(H,21,27)(H,29,30)/t7-,8+,13+/m1/s1. The summed E-state index contributed by atoms with van der Waals surface area (Å²) in [6.07, 6.45) is -1.37. The summed E-state index contributed by atoms with van der Waals surface area (Å²) in [6, 6.07) is -2.96. The van der Waals surface area contributed by atoms with Gasteiger partial charge in [-0.25, -0.2) is 4.79 Å². The molecule has 0 aliphatic rings. The van der Waals surface area contributed by atoms with Crippen molar-refractivity contribution >= 4 is 35.5 Å². The minimum atomic E-state index is -1.56. The number of nitrogens with two attached hydrogens (primary N) is 1. The molecule has 0 bridgehead atoms. The summed E-state index contributed by atoms with van der Waals surface area (Å²) in [7, 11) is 0. The van der Waals surface area contributed by atoms with Gasteiger partial charge >= 0.3 is 5.97 Å². The Kier molecular flexibility index (Phi) is 12.3. The van der Waals surface area contributed by atoms with Crippen molar-refractivity contribution in [1.82, 2.24) is 26.6 Å². The second kappa shape index (κ2) is 13.8. The van der Waals surface area contributed by atoms with Crippen molar-refractivity contribution in [3.63, 3.8) is 0 Å². The molecule has 0 saturated heterocycles. The summed E-state index contributed by atoms with van der Waals surface area (Å²) in [5.41, 5.74) is 5.05. The molecule has 0 rings (SSSR count). The maximum absolute atomic E-state index is 11.9. The second-order valence-electron chi connectivity index (χ2n) is 5.90. The largest absolute Gasteiger partial charge is 0.480 e. The van der Waals surface area contributed by atoms with Crippen LogP contribution < -0.4 is 32.3 Å². The van der Waals surface area contributed by atoms with Crippen LogP contribution in [0.3, 0.4) is 0 Å². The van der Waals surface area contributed by atoms with Gasteiger partial charge in [-0.1, -0.05) is 0 Å². The van der Waals surface area contributed by atoms with E-state index < -0.39 is 79.9 Å². The summed E-state index contributed by atoms with van der Waals surface area (Å²) < 4.78 is 0. The first-order valence-electron chi connectivity index (χ1n) is 8.63. The van der Waals surface area contributed by atoms with E-state index >= 15 is 0 Å². The molecule has 0 spiro atoms. The first kappa shape index (κ1) is 26.7. The van der Waals surface area contributed by atoms with Crippen LogP contribution in [-0.4, -0.2) is 102 Å². The lowest BCUT2D eigenvalue weighted by Gasteiger charge is -2.17. The van der Waals surface area contributed by atoms with Crippen LogP contribution in [0.1, 0.15) is 6.92 Å². The van der Waals surface area contributed by atoms with E-state index in [1.165, 1.54) is 0 Å². The van der Waals surface area contributed by atoms with Crippen molar-refractivity contribution in [3.8, 4) is 0 Å². The highest BCUT2D eigenvalue weighted by molar-refractivity contribution is 5.93. The van der Waals surface area contributed by atoms with Gasteiger partial charge in [-0.2, -0.15) is 0 Å². The number of aliphatic carboxylic acids is 1. The van der Waals surface area contributed by atoms with Gasteiger partial charge in [0, 0.05) is 0 Å². The molecule has 10 N–H and O–H groups in total. The average molecular weight is 434 g/mol. The van der Waals surface area contributed by atoms with E-state index in [1.807, 2.05) is 5.32 Å². The Hall–Kier alpha value is -3.30. The van der Waals surface area contributed by atoms with Gasteiger partial charge in [0.2, 0.25) is 29.5 Å². The number of aliphatic hydroxyl groups is 2. The van der Waals surface area contributed by atoms with Crippen LogP contribution in [0.15, 0.2) is 0 Å². The summed E-state index contributed by atoms with van der Waals surface area (Å²) in [5.74, 6) is -5.45. The van der Waals surface area contributed by atoms with Crippen LogP contribution in [0.2, 0.25) is 0 Å². The van der Waals surface area contributed by atoms with Crippen molar-refractivity contribution in [2.75, 3.05) is 32.8 Å². The van der Waals surface area contributed by atoms with Gasteiger partial charge in [0.25, 0.3) is 0 Å². The minimum Gasteiger partial charge on any atom is -0.480 e. The molecule has 0 fully saturated rings. The van der Waals surface area contributed by atoms with E-state index in [-0.39, 0.29) is 6.54 Å². The first-order chi connectivity index (χ1) is 14.0. The molecule has 0 aliphatic carbocycles. The fourth-order valence-electron chi connectivity index (χ4n) is 1.84. The molecule has 15 nitrogen and oxygen atoms in total. The molecule has 15 heteroatoms. The van der Waals surface area contributed by atoms with Gasteiger partial charge in [0.15, 0.2) is 6.04 Å². The molecule has 30 heavy (non-hydrogen) atoms. The van der Waals surface area contributed by atoms with Crippen molar-refractivity contribution in [2.24, 2.45) is 5.73 Å². The fraction of sp³-hybridized carbons (Fsp3) is 0.600. The number of carbonyl (C=O) groups excluding carboxylic acids is 5. The molecule has 170 valence electrons. The summed E-state index contributed by atoms with van der Waals surface area (Å²) in [4.78, 5) is 68.6. The Balaban J connectivity index is 4.36. The van der Waals surface area contributed by atoms with Crippen LogP contribution >= 0.6 is 0 Å². The van der Waals surface area contributed by atoms with Gasteiger partial charge in [0.1, 0.15) is 6.04 Å².